The molecule has 3 N–H and O–H groups in total. The summed E-state index contributed by atoms with van der Waals surface area (Å²) in [5.41, 5.74) is 6.73. The third-order valence-corrected chi connectivity index (χ3v) is 4.17. The Balaban J connectivity index is 2.28. The molecule has 23 heavy (non-hydrogen) atoms. The number of carbonyl (C=O) groups excluding carboxylic acids is 1. The molecule has 5 nitrogen and oxygen atoms in total. The smallest absolute Gasteiger partial charge is 0.252 e. The monoisotopic (exact) mass is 397 g/mol. The zero-order valence-corrected chi connectivity index (χ0v) is 14.1. The van der Waals surface area contributed by atoms with Crippen molar-refractivity contribution in [1.82, 2.24) is 9.97 Å². The average Bonchev–Trinajstić information content (AvgIpc) is 2.88. The van der Waals surface area contributed by atoms with Crippen molar-refractivity contribution in [2.45, 2.75) is 0 Å². The van der Waals surface area contributed by atoms with Gasteiger partial charge in [0, 0.05) is 9.50 Å². The van der Waals surface area contributed by atoms with E-state index in [-0.39, 0.29) is 27.7 Å². The van der Waals surface area contributed by atoms with E-state index in [9.17, 15) is 9.18 Å². The Kier molecular flexibility index (Phi) is 3.99. The highest BCUT2D eigenvalue weighted by Gasteiger charge is 2.19. The van der Waals surface area contributed by atoms with E-state index >= 15 is 0 Å². The lowest BCUT2D eigenvalue weighted by atomic mass is 10.1. The van der Waals surface area contributed by atoms with Gasteiger partial charge in [-0.2, -0.15) is 0 Å². The van der Waals surface area contributed by atoms with Crippen LogP contribution < -0.4 is 10.5 Å². The largest absolute Gasteiger partial charge is 0.494 e. The maximum absolute atomic E-state index is 14.2. The molecule has 0 atom stereocenters. The van der Waals surface area contributed by atoms with Gasteiger partial charge in [0.05, 0.1) is 23.8 Å². The number of carbonyl (C=O) groups is 1. The second-order valence-corrected chi connectivity index (χ2v) is 6.03. The number of methoxy groups -OCH3 is 1. The molecular formula is C15H10BrClFN3O2. The molecule has 1 aromatic heterocycles. The van der Waals surface area contributed by atoms with E-state index in [0.717, 1.165) is 0 Å². The SMILES string of the molecule is COc1c(C(N)=O)ccc2[nH]c(-c3c(F)cc(Cl)cc3Br)nc12. The van der Waals surface area contributed by atoms with Crippen molar-refractivity contribution in [2.24, 2.45) is 5.73 Å². The van der Waals surface area contributed by atoms with Gasteiger partial charge in [-0.3, -0.25) is 4.79 Å². The third-order valence-electron chi connectivity index (χ3n) is 3.32. The van der Waals surface area contributed by atoms with E-state index in [0.29, 0.717) is 15.5 Å². The summed E-state index contributed by atoms with van der Waals surface area (Å²) >= 11 is 9.10. The van der Waals surface area contributed by atoms with Crippen LogP contribution in [0.4, 0.5) is 4.39 Å². The van der Waals surface area contributed by atoms with E-state index in [2.05, 4.69) is 25.9 Å². The molecule has 118 valence electrons. The van der Waals surface area contributed by atoms with Crippen LogP contribution in [0.1, 0.15) is 10.4 Å². The first-order chi connectivity index (χ1) is 10.9. The fourth-order valence-electron chi connectivity index (χ4n) is 2.34. The number of benzene rings is 2. The minimum atomic E-state index is -0.632. The first kappa shape index (κ1) is 15.8. The minimum Gasteiger partial charge on any atom is -0.494 e. The van der Waals surface area contributed by atoms with Crippen molar-refractivity contribution >= 4 is 44.5 Å². The fraction of sp³-hybridized carbons (Fsp3) is 0.0667. The second kappa shape index (κ2) is 5.82. The Labute approximate surface area is 143 Å². The summed E-state index contributed by atoms with van der Waals surface area (Å²) in [6.07, 6.45) is 0. The summed E-state index contributed by atoms with van der Waals surface area (Å²) in [5, 5.41) is 0.267. The van der Waals surface area contributed by atoms with Crippen LogP contribution in [0.2, 0.25) is 5.02 Å². The Morgan fingerprint density at radius 1 is 1.43 bits per heavy atom. The number of ether oxygens (including phenoxy) is 1. The van der Waals surface area contributed by atoms with Crippen LogP contribution in [0.3, 0.4) is 0 Å². The van der Waals surface area contributed by atoms with Gasteiger partial charge in [0.2, 0.25) is 0 Å². The van der Waals surface area contributed by atoms with Crippen LogP contribution in [0.5, 0.6) is 5.75 Å². The van der Waals surface area contributed by atoms with Gasteiger partial charge in [0.25, 0.3) is 5.91 Å². The Morgan fingerprint density at radius 3 is 2.78 bits per heavy atom. The molecule has 0 aliphatic heterocycles. The lowest BCUT2D eigenvalue weighted by Crippen LogP contribution is -2.12. The van der Waals surface area contributed by atoms with Crippen molar-refractivity contribution in [3.05, 3.63) is 45.1 Å². The van der Waals surface area contributed by atoms with Gasteiger partial charge < -0.3 is 15.5 Å². The summed E-state index contributed by atoms with van der Waals surface area (Å²) < 4.78 is 19.9. The van der Waals surface area contributed by atoms with Gasteiger partial charge in [-0.05, 0) is 40.2 Å². The number of hydrogen-bond donors (Lipinski definition) is 2. The number of fused-ring (bicyclic) bond motifs is 1. The Bertz CT molecular complexity index is 919. The third kappa shape index (κ3) is 2.66. The quantitative estimate of drug-likeness (QED) is 0.702. The number of nitrogens with zero attached hydrogens (tertiary/aromatic N) is 1. The van der Waals surface area contributed by atoms with Gasteiger partial charge >= 0.3 is 0 Å². The first-order valence-corrected chi connectivity index (χ1v) is 7.61. The summed E-state index contributed by atoms with van der Waals surface area (Å²) in [4.78, 5) is 18.8. The van der Waals surface area contributed by atoms with Gasteiger partial charge in [-0.1, -0.05) is 11.6 Å². The standard InChI is InChI=1S/C15H10BrClFN3O2/c1-23-13-7(14(19)22)2-3-10-12(13)21-15(20-10)11-8(16)4-6(17)5-9(11)18/h2-5H,1H3,(H2,19,22)(H,20,21). The zero-order valence-electron chi connectivity index (χ0n) is 11.8. The molecule has 0 bridgehead atoms. The summed E-state index contributed by atoms with van der Waals surface area (Å²) in [6, 6.07) is 5.93. The Hall–Kier alpha value is -2.12. The number of imidazole rings is 1. The second-order valence-electron chi connectivity index (χ2n) is 4.74. The van der Waals surface area contributed by atoms with E-state index in [1.165, 1.54) is 19.2 Å². The summed E-state index contributed by atoms with van der Waals surface area (Å²) in [6.45, 7) is 0. The molecule has 0 aliphatic rings. The highest BCUT2D eigenvalue weighted by Crippen LogP contribution is 2.35. The van der Waals surface area contributed by atoms with Gasteiger partial charge in [-0.25, -0.2) is 9.37 Å². The van der Waals surface area contributed by atoms with Crippen LogP contribution in [-0.2, 0) is 0 Å². The van der Waals surface area contributed by atoms with E-state index < -0.39 is 11.7 Å². The normalized spacial score (nSPS) is 11.0. The maximum atomic E-state index is 14.2. The molecule has 0 saturated heterocycles. The van der Waals surface area contributed by atoms with Gasteiger partial charge in [0.1, 0.15) is 17.2 Å². The van der Waals surface area contributed by atoms with Crippen LogP contribution >= 0.6 is 27.5 Å². The van der Waals surface area contributed by atoms with E-state index in [1.54, 1.807) is 12.1 Å². The summed E-state index contributed by atoms with van der Waals surface area (Å²) in [5.74, 6) is -0.645. The summed E-state index contributed by atoms with van der Waals surface area (Å²) in [7, 11) is 1.41. The van der Waals surface area contributed by atoms with Gasteiger partial charge in [0.15, 0.2) is 5.75 Å². The van der Waals surface area contributed by atoms with Crippen molar-refractivity contribution in [1.29, 1.82) is 0 Å². The molecule has 1 heterocycles. The highest BCUT2D eigenvalue weighted by atomic mass is 79.9. The first-order valence-electron chi connectivity index (χ1n) is 6.43. The van der Waals surface area contributed by atoms with Crippen molar-refractivity contribution in [2.75, 3.05) is 7.11 Å². The number of H-pyrrole nitrogens is 1. The molecule has 1 amide bonds. The number of halogens is 3. The van der Waals surface area contributed by atoms with Crippen molar-refractivity contribution < 1.29 is 13.9 Å². The predicted molar refractivity (Wildman–Crippen MR) is 89.3 cm³/mol. The maximum Gasteiger partial charge on any atom is 0.252 e. The predicted octanol–water partition coefficient (Wildman–Crippen LogP) is 3.89. The molecule has 2 aromatic carbocycles. The van der Waals surface area contributed by atoms with E-state index in [4.69, 9.17) is 22.1 Å². The topological polar surface area (TPSA) is 81.0 Å². The molecule has 0 fully saturated rings. The van der Waals surface area contributed by atoms with Crippen LogP contribution in [-0.4, -0.2) is 23.0 Å². The number of nitrogens with one attached hydrogen (secondary N) is 1. The lowest BCUT2D eigenvalue weighted by Gasteiger charge is -2.05. The Morgan fingerprint density at radius 2 is 2.17 bits per heavy atom. The number of aromatic amines is 1. The molecular weight excluding hydrogens is 389 g/mol. The molecule has 0 aliphatic carbocycles. The number of aromatic nitrogens is 2. The van der Waals surface area contributed by atoms with Crippen molar-refractivity contribution in [3.8, 4) is 17.1 Å². The zero-order chi connectivity index (χ0) is 16.7. The van der Waals surface area contributed by atoms with Crippen LogP contribution in [0.25, 0.3) is 22.4 Å². The minimum absolute atomic E-state index is 0.202. The number of amides is 1. The number of hydrogen-bond acceptors (Lipinski definition) is 3. The number of primary amides is 1. The van der Waals surface area contributed by atoms with Crippen LogP contribution in [0, 0.1) is 5.82 Å². The number of nitrogens with two attached hydrogens (primary N) is 1. The van der Waals surface area contributed by atoms with Crippen LogP contribution in [0.15, 0.2) is 28.7 Å². The molecule has 8 heteroatoms. The molecule has 0 radical (unpaired) electrons. The average molecular weight is 399 g/mol. The molecule has 3 aromatic rings. The highest BCUT2D eigenvalue weighted by molar-refractivity contribution is 9.10. The molecule has 0 unspecified atom stereocenters. The number of rotatable bonds is 3. The molecule has 3 rings (SSSR count). The molecule has 0 spiro atoms. The molecule has 0 saturated carbocycles. The van der Waals surface area contributed by atoms with Crippen molar-refractivity contribution in [3.63, 3.8) is 0 Å². The lowest BCUT2D eigenvalue weighted by molar-refractivity contribution is 0.0997. The van der Waals surface area contributed by atoms with E-state index in [1.807, 2.05) is 0 Å². The van der Waals surface area contributed by atoms with Gasteiger partial charge in [-0.15, -0.1) is 0 Å². The fourth-order valence-corrected chi connectivity index (χ4v) is 3.30.